The fourth-order valence-electron chi connectivity index (χ4n) is 2.74. The van der Waals surface area contributed by atoms with Gasteiger partial charge in [0.25, 0.3) is 0 Å². The normalized spacial score (nSPS) is 12.7. The number of hydrogen-bond donors (Lipinski definition) is 1. The second-order valence-corrected chi connectivity index (χ2v) is 6.04. The van der Waals surface area contributed by atoms with Gasteiger partial charge in [-0.1, -0.05) is 48.5 Å². The van der Waals surface area contributed by atoms with Gasteiger partial charge < -0.3 is 5.32 Å². The van der Waals surface area contributed by atoms with Gasteiger partial charge in [-0.05, 0) is 41.4 Å². The fraction of sp³-hybridized carbons (Fsp3) is 0.222. The molecule has 1 atom stereocenters. The molecule has 20 heavy (non-hydrogen) atoms. The third kappa shape index (κ3) is 2.77. The lowest BCUT2D eigenvalue weighted by atomic mass is 9.92. The van der Waals surface area contributed by atoms with Crippen LogP contribution in [-0.2, 0) is 6.42 Å². The first kappa shape index (κ1) is 13.3. The largest absolute Gasteiger partial charge is 0.319 e. The molecule has 0 aliphatic carbocycles. The third-order valence-electron chi connectivity index (χ3n) is 3.75. The van der Waals surface area contributed by atoms with Gasteiger partial charge in [0.2, 0.25) is 0 Å². The van der Waals surface area contributed by atoms with Gasteiger partial charge in [0.1, 0.15) is 0 Å². The molecule has 0 fully saturated rings. The van der Waals surface area contributed by atoms with E-state index in [1.807, 2.05) is 18.4 Å². The first-order valence-corrected chi connectivity index (χ1v) is 7.91. The Balaban J connectivity index is 1.90. The highest BCUT2D eigenvalue weighted by atomic mass is 32.1. The monoisotopic (exact) mass is 281 g/mol. The van der Waals surface area contributed by atoms with Gasteiger partial charge in [-0.25, -0.2) is 0 Å². The second-order valence-electron chi connectivity index (χ2n) is 5.13. The summed E-state index contributed by atoms with van der Waals surface area (Å²) >= 11 is 1.85. The molecule has 1 aromatic heterocycles. The summed E-state index contributed by atoms with van der Waals surface area (Å²) in [5.41, 5.74) is 2.88. The van der Waals surface area contributed by atoms with Crippen molar-refractivity contribution in [3.63, 3.8) is 0 Å². The van der Waals surface area contributed by atoms with Crippen molar-refractivity contribution in [1.29, 1.82) is 0 Å². The van der Waals surface area contributed by atoms with Crippen molar-refractivity contribution in [2.24, 2.45) is 0 Å². The van der Waals surface area contributed by atoms with Crippen LogP contribution in [-0.4, -0.2) is 13.6 Å². The zero-order valence-corrected chi connectivity index (χ0v) is 12.5. The molecule has 0 aliphatic rings. The Kier molecular flexibility index (Phi) is 4.14. The summed E-state index contributed by atoms with van der Waals surface area (Å²) in [6.07, 6.45) is 1.09. The average molecular weight is 281 g/mol. The molecule has 102 valence electrons. The molecule has 3 rings (SSSR count). The number of fused-ring (bicyclic) bond motifs is 1. The third-order valence-corrected chi connectivity index (χ3v) is 4.76. The van der Waals surface area contributed by atoms with Crippen molar-refractivity contribution >= 4 is 21.4 Å². The summed E-state index contributed by atoms with van der Waals surface area (Å²) in [4.78, 5) is 0. The lowest BCUT2D eigenvalue weighted by molar-refractivity contribution is 0.628. The van der Waals surface area contributed by atoms with Gasteiger partial charge >= 0.3 is 0 Å². The number of rotatable bonds is 5. The molecule has 0 aliphatic heterocycles. The number of nitrogens with one attached hydrogen (secondary N) is 1. The predicted molar refractivity (Wildman–Crippen MR) is 88.6 cm³/mol. The van der Waals surface area contributed by atoms with Crippen molar-refractivity contribution in [3.8, 4) is 0 Å². The summed E-state index contributed by atoms with van der Waals surface area (Å²) in [6, 6.07) is 19.5. The molecule has 0 bridgehead atoms. The smallest absolute Gasteiger partial charge is 0.0345 e. The van der Waals surface area contributed by atoms with Gasteiger partial charge in [0.15, 0.2) is 0 Å². The molecule has 1 nitrogen and oxygen atoms in total. The molecule has 2 heteroatoms. The van der Waals surface area contributed by atoms with E-state index in [-0.39, 0.29) is 0 Å². The molecule has 2 aromatic carbocycles. The SMILES string of the molecule is CNCC(Cc1csc2ccccc12)c1ccccc1. The van der Waals surface area contributed by atoms with Gasteiger partial charge in [-0.2, -0.15) is 0 Å². The zero-order chi connectivity index (χ0) is 13.8. The van der Waals surface area contributed by atoms with E-state index in [1.165, 1.54) is 21.2 Å². The molecule has 0 saturated heterocycles. The Bertz CT molecular complexity index is 672. The van der Waals surface area contributed by atoms with Crippen LogP contribution < -0.4 is 5.32 Å². The zero-order valence-electron chi connectivity index (χ0n) is 11.7. The van der Waals surface area contributed by atoms with E-state index in [0.717, 1.165) is 13.0 Å². The van der Waals surface area contributed by atoms with Crippen molar-refractivity contribution in [1.82, 2.24) is 5.32 Å². The molecule has 1 N–H and O–H groups in total. The number of likely N-dealkylation sites (N-methyl/N-ethyl adjacent to an activating group) is 1. The Hall–Kier alpha value is -1.64. The average Bonchev–Trinajstić information content (AvgIpc) is 2.91. The first-order chi connectivity index (χ1) is 9.88. The van der Waals surface area contributed by atoms with Crippen LogP contribution in [0.15, 0.2) is 60.0 Å². The van der Waals surface area contributed by atoms with Gasteiger partial charge in [-0.15, -0.1) is 11.3 Å². The van der Waals surface area contributed by atoms with E-state index in [1.54, 1.807) is 0 Å². The van der Waals surface area contributed by atoms with Crippen LogP contribution in [0.25, 0.3) is 10.1 Å². The Morgan fingerprint density at radius 3 is 2.55 bits per heavy atom. The molecule has 0 saturated carbocycles. The Morgan fingerprint density at radius 1 is 1.00 bits per heavy atom. The quantitative estimate of drug-likeness (QED) is 0.728. The van der Waals surface area contributed by atoms with Gasteiger partial charge in [-0.3, -0.25) is 0 Å². The van der Waals surface area contributed by atoms with Crippen LogP contribution in [0.2, 0.25) is 0 Å². The minimum atomic E-state index is 0.527. The van der Waals surface area contributed by atoms with Crippen LogP contribution in [0.5, 0.6) is 0 Å². The van der Waals surface area contributed by atoms with Crippen molar-refractivity contribution in [2.75, 3.05) is 13.6 Å². The van der Waals surface area contributed by atoms with E-state index in [4.69, 9.17) is 0 Å². The van der Waals surface area contributed by atoms with E-state index in [0.29, 0.717) is 5.92 Å². The van der Waals surface area contributed by atoms with E-state index in [9.17, 15) is 0 Å². The minimum Gasteiger partial charge on any atom is -0.319 e. The first-order valence-electron chi connectivity index (χ1n) is 7.03. The standard InChI is InChI=1S/C18H19NS/c1-19-12-15(14-7-3-2-4-8-14)11-16-13-20-18-10-6-5-9-17(16)18/h2-10,13,15,19H,11-12H2,1H3. The lowest BCUT2D eigenvalue weighted by Crippen LogP contribution is -2.19. The Labute approximate surface area is 124 Å². The molecule has 1 unspecified atom stereocenters. The molecular weight excluding hydrogens is 262 g/mol. The number of benzene rings is 2. The van der Waals surface area contributed by atoms with Crippen molar-refractivity contribution in [3.05, 3.63) is 71.1 Å². The summed E-state index contributed by atoms with van der Waals surface area (Å²) in [5.74, 6) is 0.527. The highest BCUT2D eigenvalue weighted by molar-refractivity contribution is 7.17. The van der Waals surface area contributed by atoms with Gasteiger partial charge in [0, 0.05) is 17.2 Å². The predicted octanol–water partition coefficient (Wildman–Crippen LogP) is 4.45. The van der Waals surface area contributed by atoms with Crippen LogP contribution in [0.3, 0.4) is 0 Å². The maximum absolute atomic E-state index is 3.33. The fourth-order valence-corrected chi connectivity index (χ4v) is 3.71. The number of hydrogen-bond acceptors (Lipinski definition) is 2. The topological polar surface area (TPSA) is 12.0 Å². The van der Waals surface area contributed by atoms with Crippen LogP contribution in [0.1, 0.15) is 17.0 Å². The molecule has 1 heterocycles. The molecular formula is C18H19NS. The van der Waals surface area contributed by atoms with Crippen LogP contribution >= 0.6 is 11.3 Å². The maximum Gasteiger partial charge on any atom is 0.0345 e. The van der Waals surface area contributed by atoms with Crippen LogP contribution in [0, 0.1) is 0 Å². The van der Waals surface area contributed by atoms with Gasteiger partial charge in [0.05, 0.1) is 0 Å². The molecule has 0 spiro atoms. The number of thiophene rings is 1. The summed E-state index contributed by atoms with van der Waals surface area (Å²) in [6.45, 7) is 1.01. The molecule has 3 aromatic rings. The highest BCUT2D eigenvalue weighted by Crippen LogP contribution is 2.30. The summed E-state index contributed by atoms with van der Waals surface area (Å²) < 4.78 is 1.39. The van der Waals surface area contributed by atoms with E-state index in [2.05, 4.69) is 65.3 Å². The molecule has 0 amide bonds. The minimum absolute atomic E-state index is 0.527. The van der Waals surface area contributed by atoms with E-state index >= 15 is 0 Å². The highest BCUT2D eigenvalue weighted by Gasteiger charge is 2.13. The van der Waals surface area contributed by atoms with Crippen LogP contribution in [0.4, 0.5) is 0 Å². The van der Waals surface area contributed by atoms with Crippen molar-refractivity contribution < 1.29 is 0 Å². The molecule has 0 radical (unpaired) electrons. The van der Waals surface area contributed by atoms with Crippen molar-refractivity contribution in [2.45, 2.75) is 12.3 Å². The summed E-state index contributed by atoms with van der Waals surface area (Å²) in [5, 5.41) is 7.06. The lowest BCUT2D eigenvalue weighted by Gasteiger charge is -2.16. The van der Waals surface area contributed by atoms with E-state index < -0.39 is 0 Å². The Morgan fingerprint density at radius 2 is 1.75 bits per heavy atom. The maximum atomic E-state index is 3.33. The second kappa shape index (κ2) is 6.21. The summed E-state index contributed by atoms with van der Waals surface area (Å²) in [7, 11) is 2.03.